The summed E-state index contributed by atoms with van der Waals surface area (Å²) < 4.78 is 0.884. The van der Waals surface area contributed by atoms with Crippen molar-refractivity contribution in [3.8, 4) is 0 Å². The summed E-state index contributed by atoms with van der Waals surface area (Å²) in [6, 6.07) is 9.50. The van der Waals surface area contributed by atoms with Gasteiger partial charge in [-0.15, -0.1) is 0 Å². The van der Waals surface area contributed by atoms with Gasteiger partial charge < -0.3 is 5.32 Å². The van der Waals surface area contributed by atoms with Gasteiger partial charge in [-0.05, 0) is 58.2 Å². The van der Waals surface area contributed by atoms with Gasteiger partial charge in [0.25, 0.3) is 0 Å². The maximum atomic E-state index is 6.17. The highest BCUT2D eigenvalue weighted by Crippen LogP contribution is 2.29. The fraction of sp³-hybridized carbons (Fsp3) is 0.143. The Kier molecular flexibility index (Phi) is 5.02. The molecule has 0 bridgehead atoms. The van der Waals surface area contributed by atoms with E-state index >= 15 is 0 Å². The number of rotatable bonds is 3. The fourth-order valence-electron chi connectivity index (χ4n) is 1.63. The average molecular weight is 380 g/mol. The van der Waals surface area contributed by atoms with Gasteiger partial charge >= 0.3 is 0 Å². The molecule has 0 aromatic heterocycles. The molecule has 2 aromatic carbocycles. The van der Waals surface area contributed by atoms with E-state index in [0.717, 1.165) is 21.3 Å². The molecule has 100 valence electrons. The van der Waals surface area contributed by atoms with Gasteiger partial charge in [0.1, 0.15) is 0 Å². The van der Waals surface area contributed by atoms with Gasteiger partial charge in [0.2, 0.25) is 0 Å². The van der Waals surface area contributed by atoms with Crippen LogP contribution < -0.4 is 5.32 Å². The second-order valence-corrected chi connectivity index (χ2v) is 6.26. The molecule has 2 rings (SSSR count). The Balaban J connectivity index is 2.14. The van der Waals surface area contributed by atoms with E-state index in [-0.39, 0.29) is 0 Å². The Morgan fingerprint density at radius 3 is 2.42 bits per heavy atom. The van der Waals surface area contributed by atoms with Crippen LogP contribution in [0.1, 0.15) is 11.1 Å². The number of nitrogens with one attached hydrogen (secondary N) is 1. The molecule has 2 aromatic rings. The number of anilines is 1. The summed E-state index contributed by atoms with van der Waals surface area (Å²) in [6.07, 6.45) is 0. The van der Waals surface area contributed by atoms with Gasteiger partial charge in [-0.25, -0.2) is 0 Å². The van der Waals surface area contributed by atoms with E-state index in [1.165, 1.54) is 0 Å². The van der Waals surface area contributed by atoms with Crippen molar-refractivity contribution in [1.29, 1.82) is 0 Å². The molecule has 5 heteroatoms. The quantitative estimate of drug-likeness (QED) is 0.657. The lowest BCUT2D eigenvalue weighted by Gasteiger charge is -2.11. The molecule has 0 radical (unpaired) electrons. The Hall–Kier alpha value is -0.410. The van der Waals surface area contributed by atoms with Gasteiger partial charge in [0.15, 0.2) is 0 Å². The third kappa shape index (κ3) is 3.79. The summed E-state index contributed by atoms with van der Waals surface area (Å²) in [5.74, 6) is 0. The molecule has 0 fully saturated rings. The minimum absolute atomic E-state index is 0.631. The van der Waals surface area contributed by atoms with E-state index in [0.29, 0.717) is 21.6 Å². The van der Waals surface area contributed by atoms with Crippen LogP contribution in [0.3, 0.4) is 0 Å². The summed E-state index contributed by atoms with van der Waals surface area (Å²) in [5, 5.41) is 5.29. The van der Waals surface area contributed by atoms with Crippen molar-refractivity contribution in [1.82, 2.24) is 0 Å². The normalized spacial score (nSPS) is 10.6. The minimum atomic E-state index is 0.631. The molecular formula is C14H11BrCl3N. The lowest BCUT2D eigenvalue weighted by molar-refractivity contribution is 1.15. The number of hydrogen-bond donors (Lipinski definition) is 1. The second-order valence-electron chi connectivity index (χ2n) is 4.18. The van der Waals surface area contributed by atoms with Crippen LogP contribution in [0.5, 0.6) is 0 Å². The van der Waals surface area contributed by atoms with Crippen LogP contribution in [0, 0.1) is 6.92 Å². The zero-order valence-electron chi connectivity index (χ0n) is 10.1. The van der Waals surface area contributed by atoms with Crippen LogP contribution in [0.4, 0.5) is 5.69 Å². The molecule has 0 saturated carbocycles. The Labute approximate surface area is 136 Å². The standard InChI is InChI=1S/C14H11BrCl3N/c1-8-4-13(18)14(6-11(8)16)19-7-9-2-3-10(15)12(17)5-9/h2-6,19H,7H2,1H3. The summed E-state index contributed by atoms with van der Waals surface area (Å²) in [7, 11) is 0. The lowest BCUT2D eigenvalue weighted by atomic mass is 10.2. The van der Waals surface area contributed by atoms with E-state index in [9.17, 15) is 0 Å². The first-order valence-corrected chi connectivity index (χ1v) is 7.53. The molecule has 1 nitrogen and oxygen atoms in total. The van der Waals surface area contributed by atoms with E-state index in [1.54, 1.807) is 0 Å². The number of halogens is 4. The van der Waals surface area contributed by atoms with E-state index in [2.05, 4.69) is 21.2 Å². The van der Waals surface area contributed by atoms with Crippen LogP contribution >= 0.6 is 50.7 Å². The van der Waals surface area contributed by atoms with Crippen molar-refractivity contribution in [2.45, 2.75) is 13.5 Å². The predicted molar refractivity (Wildman–Crippen MR) is 87.7 cm³/mol. The van der Waals surface area contributed by atoms with Crippen molar-refractivity contribution < 1.29 is 0 Å². The monoisotopic (exact) mass is 377 g/mol. The first-order valence-electron chi connectivity index (χ1n) is 5.61. The maximum absolute atomic E-state index is 6.17. The molecule has 19 heavy (non-hydrogen) atoms. The zero-order chi connectivity index (χ0) is 14.0. The van der Waals surface area contributed by atoms with Crippen LogP contribution in [0.2, 0.25) is 15.1 Å². The van der Waals surface area contributed by atoms with Crippen molar-refractivity contribution in [2.24, 2.45) is 0 Å². The zero-order valence-corrected chi connectivity index (χ0v) is 14.0. The molecule has 0 saturated heterocycles. The Morgan fingerprint density at radius 1 is 1.00 bits per heavy atom. The number of benzene rings is 2. The summed E-state index contributed by atoms with van der Waals surface area (Å²) >= 11 is 21.7. The Bertz CT molecular complexity index is 614. The molecule has 0 amide bonds. The van der Waals surface area contributed by atoms with E-state index in [1.807, 2.05) is 37.3 Å². The highest BCUT2D eigenvalue weighted by atomic mass is 79.9. The molecule has 1 N–H and O–H groups in total. The molecule has 0 aliphatic heterocycles. The SMILES string of the molecule is Cc1cc(Cl)c(NCc2ccc(Br)c(Cl)c2)cc1Cl. The number of hydrogen-bond acceptors (Lipinski definition) is 1. The largest absolute Gasteiger partial charge is 0.380 e. The predicted octanol–water partition coefficient (Wildman–Crippen LogP) is 6.33. The van der Waals surface area contributed by atoms with Gasteiger partial charge in [0, 0.05) is 16.0 Å². The lowest BCUT2D eigenvalue weighted by Crippen LogP contribution is -2.00. The smallest absolute Gasteiger partial charge is 0.0641 e. The highest BCUT2D eigenvalue weighted by molar-refractivity contribution is 9.10. The topological polar surface area (TPSA) is 12.0 Å². The van der Waals surface area contributed by atoms with Gasteiger partial charge in [0.05, 0.1) is 15.7 Å². The first-order chi connectivity index (χ1) is 8.97. The maximum Gasteiger partial charge on any atom is 0.0641 e. The highest BCUT2D eigenvalue weighted by Gasteiger charge is 2.05. The average Bonchev–Trinajstić information content (AvgIpc) is 2.36. The third-order valence-electron chi connectivity index (χ3n) is 2.72. The van der Waals surface area contributed by atoms with Crippen LogP contribution in [0.25, 0.3) is 0 Å². The van der Waals surface area contributed by atoms with Crippen LogP contribution in [-0.2, 0) is 6.54 Å². The van der Waals surface area contributed by atoms with E-state index < -0.39 is 0 Å². The molecule has 0 aliphatic rings. The minimum Gasteiger partial charge on any atom is -0.380 e. The molecular weight excluding hydrogens is 368 g/mol. The van der Waals surface area contributed by atoms with Crippen LogP contribution in [0.15, 0.2) is 34.8 Å². The van der Waals surface area contributed by atoms with Crippen LogP contribution in [-0.4, -0.2) is 0 Å². The van der Waals surface area contributed by atoms with Crippen molar-refractivity contribution in [3.63, 3.8) is 0 Å². The fourth-order valence-corrected chi connectivity index (χ4v) is 2.53. The van der Waals surface area contributed by atoms with Crippen molar-refractivity contribution in [3.05, 3.63) is 61.0 Å². The first kappa shape index (κ1) is 15.0. The van der Waals surface area contributed by atoms with Crippen molar-refractivity contribution >= 4 is 56.4 Å². The van der Waals surface area contributed by atoms with Gasteiger partial charge in [-0.2, -0.15) is 0 Å². The number of aryl methyl sites for hydroxylation is 1. The molecule has 0 unspecified atom stereocenters. The molecule has 0 heterocycles. The Morgan fingerprint density at radius 2 is 1.74 bits per heavy atom. The summed E-state index contributed by atoms with van der Waals surface area (Å²) in [6.45, 7) is 2.55. The van der Waals surface area contributed by atoms with E-state index in [4.69, 9.17) is 34.8 Å². The van der Waals surface area contributed by atoms with Gasteiger partial charge in [-0.1, -0.05) is 40.9 Å². The second kappa shape index (κ2) is 6.36. The van der Waals surface area contributed by atoms with Gasteiger partial charge in [-0.3, -0.25) is 0 Å². The van der Waals surface area contributed by atoms with Crippen molar-refractivity contribution in [2.75, 3.05) is 5.32 Å². The summed E-state index contributed by atoms with van der Waals surface area (Å²) in [4.78, 5) is 0. The summed E-state index contributed by atoms with van der Waals surface area (Å²) in [5.41, 5.74) is 2.85. The molecule has 0 spiro atoms. The molecule has 0 atom stereocenters. The molecule has 0 aliphatic carbocycles. The third-order valence-corrected chi connectivity index (χ3v) is 4.67.